The quantitative estimate of drug-likeness (QED) is 0.137. The van der Waals surface area contributed by atoms with Crippen LogP contribution in [0.1, 0.15) is 58.1 Å². The lowest BCUT2D eigenvalue weighted by Gasteiger charge is -2.43. The Bertz CT molecular complexity index is 970. The van der Waals surface area contributed by atoms with Crippen LogP contribution in [0.15, 0.2) is 71.4 Å². The SMILES string of the molecule is CCCCC(C)NCCCO/N=C(C)/C=C1/C(=O)N(c2ccc(OC)cc2)C1c1ccccc1. The van der Waals surface area contributed by atoms with Crippen molar-refractivity contribution in [1.82, 2.24) is 5.32 Å². The van der Waals surface area contributed by atoms with Crippen LogP contribution in [-0.4, -0.2) is 37.9 Å². The molecule has 3 rings (SSSR count). The van der Waals surface area contributed by atoms with Gasteiger partial charge in [-0.15, -0.1) is 0 Å². The molecule has 1 N–H and O–H groups in total. The maximum Gasteiger partial charge on any atom is 0.257 e. The number of unbranched alkanes of at least 4 members (excludes halogenated alkanes) is 1. The van der Waals surface area contributed by atoms with Crippen LogP contribution in [0, 0.1) is 0 Å². The van der Waals surface area contributed by atoms with Crippen LogP contribution in [0.5, 0.6) is 5.75 Å². The normalized spacial score (nSPS) is 18.1. The van der Waals surface area contributed by atoms with E-state index in [1.807, 2.05) is 67.6 Å². The van der Waals surface area contributed by atoms with Crippen LogP contribution in [0.3, 0.4) is 0 Å². The minimum atomic E-state index is -0.166. The number of oxime groups is 1. The van der Waals surface area contributed by atoms with Gasteiger partial charge in [-0.05, 0) is 69.1 Å². The van der Waals surface area contributed by atoms with Crippen molar-refractivity contribution in [3.63, 3.8) is 0 Å². The van der Waals surface area contributed by atoms with Gasteiger partial charge in [-0.2, -0.15) is 0 Å². The Morgan fingerprint density at radius 2 is 1.88 bits per heavy atom. The first-order chi connectivity index (χ1) is 16.5. The fraction of sp³-hybridized carbons (Fsp3) is 0.429. The summed E-state index contributed by atoms with van der Waals surface area (Å²) < 4.78 is 5.25. The number of anilines is 1. The molecular formula is C28H37N3O3. The van der Waals surface area contributed by atoms with Gasteiger partial charge in [0.2, 0.25) is 0 Å². The predicted molar refractivity (Wildman–Crippen MR) is 138 cm³/mol. The van der Waals surface area contributed by atoms with Gasteiger partial charge in [-0.3, -0.25) is 9.69 Å². The summed E-state index contributed by atoms with van der Waals surface area (Å²) in [5, 5.41) is 7.74. The second kappa shape index (κ2) is 12.9. The zero-order valence-corrected chi connectivity index (χ0v) is 20.8. The van der Waals surface area contributed by atoms with Gasteiger partial charge in [0.05, 0.1) is 18.9 Å². The average molecular weight is 464 g/mol. The van der Waals surface area contributed by atoms with E-state index in [1.54, 1.807) is 12.0 Å². The highest BCUT2D eigenvalue weighted by molar-refractivity contribution is 6.18. The van der Waals surface area contributed by atoms with Gasteiger partial charge >= 0.3 is 0 Å². The number of ether oxygens (including phenoxy) is 1. The molecule has 0 bridgehead atoms. The molecule has 1 aliphatic rings. The van der Waals surface area contributed by atoms with Crippen molar-refractivity contribution >= 4 is 17.3 Å². The van der Waals surface area contributed by atoms with Crippen molar-refractivity contribution in [3.05, 3.63) is 71.8 Å². The number of allylic oxidation sites excluding steroid dienone is 1. The molecule has 0 aromatic heterocycles. The number of methoxy groups -OCH3 is 1. The fourth-order valence-electron chi connectivity index (χ4n) is 4.06. The summed E-state index contributed by atoms with van der Waals surface area (Å²) in [6.07, 6.45) is 6.41. The van der Waals surface area contributed by atoms with Gasteiger partial charge in [0.25, 0.3) is 5.91 Å². The molecule has 1 fully saturated rings. The molecule has 2 unspecified atom stereocenters. The van der Waals surface area contributed by atoms with Crippen molar-refractivity contribution < 1.29 is 14.4 Å². The second-order valence-electron chi connectivity index (χ2n) is 8.70. The molecule has 1 saturated heterocycles. The van der Waals surface area contributed by atoms with Crippen molar-refractivity contribution in [2.45, 2.75) is 58.5 Å². The number of benzene rings is 2. The van der Waals surface area contributed by atoms with Gasteiger partial charge in [0, 0.05) is 17.3 Å². The third kappa shape index (κ3) is 6.70. The molecule has 182 valence electrons. The largest absolute Gasteiger partial charge is 0.497 e. The summed E-state index contributed by atoms with van der Waals surface area (Å²) in [6.45, 7) is 7.75. The van der Waals surface area contributed by atoms with Crippen LogP contribution < -0.4 is 15.0 Å². The monoisotopic (exact) mass is 463 g/mol. The van der Waals surface area contributed by atoms with Gasteiger partial charge < -0.3 is 14.9 Å². The van der Waals surface area contributed by atoms with E-state index in [2.05, 4.69) is 24.3 Å². The van der Waals surface area contributed by atoms with E-state index in [9.17, 15) is 4.79 Å². The third-order valence-electron chi connectivity index (χ3n) is 5.95. The highest BCUT2D eigenvalue weighted by Crippen LogP contribution is 2.43. The van der Waals surface area contributed by atoms with E-state index in [-0.39, 0.29) is 11.9 Å². The second-order valence-corrected chi connectivity index (χ2v) is 8.70. The number of hydrogen-bond donors (Lipinski definition) is 1. The van der Waals surface area contributed by atoms with E-state index in [0.717, 1.165) is 30.0 Å². The van der Waals surface area contributed by atoms with Crippen LogP contribution in [-0.2, 0) is 9.63 Å². The molecule has 6 nitrogen and oxygen atoms in total. The van der Waals surface area contributed by atoms with E-state index in [4.69, 9.17) is 9.57 Å². The lowest BCUT2D eigenvalue weighted by Crippen LogP contribution is -2.49. The van der Waals surface area contributed by atoms with Gasteiger partial charge in [-0.25, -0.2) is 0 Å². The molecule has 0 radical (unpaired) electrons. The minimum absolute atomic E-state index is 0.0289. The van der Waals surface area contributed by atoms with E-state index < -0.39 is 0 Å². The number of nitrogens with one attached hydrogen (secondary N) is 1. The molecule has 1 heterocycles. The first kappa shape index (κ1) is 25.5. The maximum absolute atomic E-state index is 13.1. The average Bonchev–Trinajstić information content (AvgIpc) is 2.87. The molecule has 2 atom stereocenters. The topological polar surface area (TPSA) is 63.2 Å². The number of carbonyl (C=O) groups is 1. The highest BCUT2D eigenvalue weighted by Gasteiger charge is 2.43. The maximum atomic E-state index is 13.1. The van der Waals surface area contributed by atoms with E-state index >= 15 is 0 Å². The summed E-state index contributed by atoms with van der Waals surface area (Å²) in [6, 6.07) is 18.0. The molecule has 0 saturated carbocycles. The summed E-state index contributed by atoms with van der Waals surface area (Å²) >= 11 is 0. The van der Waals surface area contributed by atoms with Crippen molar-refractivity contribution in [3.8, 4) is 5.75 Å². The number of amides is 1. The highest BCUT2D eigenvalue weighted by atomic mass is 16.6. The first-order valence-electron chi connectivity index (χ1n) is 12.2. The summed E-state index contributed by atoms with van der Waals surface area (Å²) in [5.74, 6) is 0.730. The zero-order chi connectivity index (χ0) is 24.3. The Labute approximate surface area is 203 Å². The van der Waals surface area contributed by atoms with Crippen LogP contribution in [0.25, 0.3) is 0 Å². The van der Waals surface area contributed by atoms with Crippen molar-refractivity contribution in [1.29, 1.82) is 0 Å². The molecule has 0 spiro atoms. The molecular weight excluding hydrogens is 426 g/mol. The lowest BCUT2D eigenvalue weighted by atomic mass is 9.86. The molecule has 34 heavy (non-hydrogen) atoms. The Morgan fingerprint density at radius 3 is 2.56 bits per heavy atom. The molecule has 6 heteroatoms. The Kier molecular flexibility index (Phi) is 9.71. The van der Waals surface area contributed by atoms with Crippen molar-refractivity contribution in [2.24, 2.45) is 5.16 Å². The smallest absolute Gasteiger partial charge is 0.257 e. The van der Waals surface area contributed by atoms with E-state index in [1.165, 1.54) is 19.3 Å². The minimum Gasteiger partial charge on any atom is -0.497 e. The summed E-state index contributed by atoms with van der Waals surface area (Å²) in [5.41, 5.74) is 3.28. The lowest BCUT2D eigenvalue weighted by molar-refractivity contribution is -0.119. The Hall–Kier alpha value is -3.12. The standard InChI is InChI=1S/C28H37N3O3/c1-5-6-11-21(2)29-18-10-19-34-30-22(3)20-26-27(23-12-8-7-9-13-23)31(28(26)32)24-14-16-25(33-4)17-15-24/h7-9,12-17,20-21,27,29H,5-6,10-11,18-19H2,1-4H3/b26-20+,30-22+. The molecule has 1 amide bonds. The van der Waals surface area contributed by atoms with Crippen LogP contribution in [0.2, 0.25) is 0 Å². The number of carbonyl (C=O) groups excluding carboxylic acids is 1. The van der Waals surface area contributed by atoms with E-state index in [0.29, 0.717) is 23.9 Å². The Morgan fingerprint density at radius 1 is 1.15 bits per heavy atom. The third-order valence-corrected chi connectivity index (χ3v) is 5.95. The number of nitrogens with zero attached hydrogens (tertiary/aromatic N) is 2. The number of β-lactam (4-membered cyclic amide) rings is 1. The number of hydrogen-bond acceptors (Lipinski definition) is 5. The van der Waals surface area contributed by atoms with Crippen molar-refractivity contribution in [2.75, 3.05) is 25.2 Å². The Balaban J connectivity index is 1.62. The molecule has 1 aliphatic heterocycles. The molecule has 2 aromatic carbocycles. The first-order valence-corrected chi connectivity index (χ1v) is 12.2. The fourth-order valence-corrected chi connectivity index (χ4v) is 4.06. The van der Waals surface area contributed by atoms with Crippen LogP contribution in [0.4, 0.5) is 5.69 Å². The summed E-state index contributed by atoms with van der Waals surface area (Å²) in [7, 11) is 1.63. The van der Waals surface area contributed by atoms with Gasteiger partial charge in [0.15, 0.2) is 0 Å². The van der Waals surface area contributed by atoms with Crippen LogP contribution >= 0.6 is 0 Å². The zero-order valence-electron chi connectivity index (χ0n) is 20.8. The van der Waals surface area contributed by atoms with Gasteiger partial charge in [-0.1, -0.05) is 55.3 Å². The van der Waals surface area contributed by atoms with Gasteiger partial charge in [0.1, 0.15) is 12.4 Å². The molecule has 2 aromatic rings. The summed E-state index contributed by atoms with van der Waals surface area (Å²) in [4.78, 5) is 20.4. The molecule has 0 aliphatic carbocycles. The predicted octanol–water partition coefficient (Wildman–Crippen LogP) is 5.66. The number of rotatable bonds is 13.